The van der Waals surface area contributed by atoms with Crippen molar-refractivity contribution in [1.82, 2.24) is 5.32 Å². The standard InChI is InChI=1S/C6H7NO/c1-3-4-6(2)7-5-8/h5H,1H2,2H3,(H,7,8). The number of rotatable bonds is 2. The number of amides is 1. The molecule has 0 rings (SSSR count). The Morgan fingerprint density at radius 2 is 2.50 bits per heavy atom. The highest BCUT2D eigenvalue weighted by molar-refractivity contribution is 5.49. The highest BCUT2D eigenvalue weighted by Gasteiger charge is 1.75. The molecule has 0 radical (unpaired) electrons. The molecule has 1 amide bonds. The number of allylic oxidation sites excluding steroid dienone is 1. The number of hydrogen-bond acceptors (Lipinski definition) is 1. The summed E-state index contributed by atoms with van der Waals surface area (Å²) in [6.07, 6.45) is 0.583. The number of carbonyl (C=O) groups excluding carboxylic acids is 1. The van der Waals surface area contributed by atoms with Gasteiger partial charge in [-0.2, -0.15) is 0 Å². The normalized spacial score (nSPS) is 6.12. The molecule has 0 aliphatic carbocycles. The Kier molecular flexibility index (Phi) is 3.34. The molecule has 0 aromatic heterocycles. The van der Waals surface area contributed by atoms with Crippen LogP contribution in [0.5, 0.6) is 0 Å². The molecule has 2 nitrogen and oxygen atoms in total. The molecule has 1 N–H and O–H groups in total. The van der Waals surface area contributed by atoms with Crippen LogP contribution in [0.2, 0.25) is 0 Å². The van der Waals surface area contributed by atoms with Gasteiger partial charge in [0.05, 0.1) is 5.70 Å². The van der Waals surface area contributed by atoms with E-state index in [0.717, 1.165) is 0 Å². The first-order valence-corrected chi connectivity index (χ1v) is 2.13. The molecule has 42 valence electrons. The fourth-order valence-electron chi connectivity index (χ4n) is 0.257. The maximum absolute atomic E-state index is 9.67. The van der Waals surface area contributed by atoms with Crippen LogP contribution in [0.1, 0.15) is 6.92 Å². The predicted molar refractivity (Wildman–Crippen MR) is 31.0 cm³/mol. The van der Waals surface area contributed by atoms with Gasteiger partial charge in [-0.1, -0.05) is 5.73 Å². The minimum Gasteiger partial charge on any atom is -0.325 e. The van der Waals surface area contributed by atoms with E-state index in [4.69, 9.17) is 0 Å². The second kappa shape index (κ2) is 3.94. The number of nitrogens with one attached hydrogen (secondary N) is 1. The van der Waals surface area contributed by atoms with Gasteiger partial charge in [-0.05, 0) is 19.2 Å². The Hall–Kier alpha value is -1.23. The topological polar surface area (TPSA) is 29.1 Å². The van der Waals surface area contributed by atoms with Gasteiger partial charge in [0, 0.05) is 0 Å². The summed E-state index contributed by atoms with van der Waals surface area (Å²) in [6.45, 7) is 4.97. The molecule has 0 saturated heterocycles. The lowest BCUT2D eigenvalue weighted by Gasteiger charge is -1.86. The van der Waals surface area contributed by atoms with Gasteiger partial charge in [0.2, 0.25) is 6.41 Å². The summed E-state index contributed by atoms with van der Waals surface area (Å²) in [6, 6.07) is 0. The predicted octanol–water partition coefficient (Wildman–Crippen LogP) is 0.576. The van der Waals surface area contributed by atoms with E-state index in [0.29, 0.717) is 12.1 Å². The van der Waals surface area contributed by atoms with E-state index in [9.17, 15) is 4.79 Å². The number of hydrogen-bond donors (Lipinski definition) is 1. The van der Waals surface area contributed by atoms with Crippen LogP contribution >= 0.6 is 0 Å². The lowest BCUT2D eigenvalue weighted by Crippen LogP contribution is -2.05. The van der Waals surface area contributed by atoms with Crippen LogP contribution in [0.4, 0.5) is 0 Å². The quantitative estimate of drug-likeness (QED) is 0.408. The summed E-state index contributed by atoms with van der Waals surface area (Å²) < 4.78 is 0. The van der Waals surface area contributed by atoms with Crippen LogP contribution in [0.25, 0.3) is 0 Å². The summed E-state index contributed by atoms with van der Waals surface area (Å²) in [4.78, 5) is 9.67. The van der Waals surface area contributed by atoms with Gasteiger partial charge in [0.25, 0.3) is 0 Å². The molecule has 0 atom stereocenters. The van der Waals surface area contributed by atoms with Crippen molar-refractivity contribution in [3.05, 3.63) is 23.7 Å². The smallest absolute Gasteiger partial charge is 0.211 e. The Labute approximate surface area is 48.2 Å². The van der Waals surface area contributed by atoms with Gasteiger partial charge in [-0.3, -0.25) is 4.79 Å². The fourth-order valence-corrected chi connectivity index (χ4v) is 0.257. The van der Waals surface area contributed by atoms with Crippen molar-refractivity contribution in [2.24, 2.45) is 0 Å². The van der Waals surface area contributed by atoms with E-state index < -0.39 is 0 Å². The van der Waals surface area contributed by atoms with Gasteiger partial charge in [-0.25, -0.2) is 0 Å². The average Bonchev–Trinajstić information content (AvgIpc) is 1.68. The zero-order valence-electron chi connectivity index (χ0n) is 4.69. The van der Waals surface area contributed by atoms with Crippen molar-refractivity contribution >= 4 is 6.41 Å². The Bertz CT molecular complexity index is 159. The molecule has 0 heterocycles. The maximum Gasteiger partial charge on any atom is 0.211 e. The van der Waals surface area contributed by atoms with Crippen LogP contribution in [0.3, 0.4) is 0 Å². The molecule has 0 unspecified atom stereocenters. The van der Waals surface area contributed by atoms with Crippen molar-refractivity contribution in [2.45, 2.75) is 6.92 Å². The lowest BCUT2D eigenvalue weighted by atomic mass is 10.5. The summed E-state index contributed by atoms with van der Waals surface area (Å²) in [7, 11) is 0. The molecule has 0 aromatic rings. The highest BCUT2D eigenvalue weighted by Crippen LogP contribution is 1.74. The zero-order valence-corrected chi connectivity index (χ0v) is 4.69. The first-order chi connectivity index (χ1) is 3.81. The van der Waals surface area contributed by atoms with E-state index in [2.05, 4.69) is 23.4 Å². The molecule has 0 fully saturated rings. The first-order valence-electron chi connectivity index (χ1n) is 2.13. The van der Waals surface area contributed by atoms with Gasteiger partial charge >= 0.3 is 0 Å². The Morgan fingerprint density at radius 3 is 2.88 bits per heavy atom. The van der Waals surface area contributed by atoms with E-state index in [1.807, 2.05) is 0 Å². The molecule has 0 aromatic carbocycles. The van der Waals surface area contributed by atoms with Gasteiger partial charge in [0.1, 0.15) is 0 Å². The van der Waals surface area contributed by atoms with Crippen LogP contribution < -0.4 is 5.32 Å². The summed E-state index contributed by atoms with van der Waals surface area (Å²) in [5.74, 6) is 0. The van der Waals surface area contributed by atoms with E-state index in [1.165, 1.54) is 0 Å². The SMILES string of the molecule is C=C=C=C(C)NC=O. The van der Waals surface area contributed by atoms with Gasteiger partial charge in [0.15, 0.2) is 0 Å². The van der Waals surface area contributed by atoms with Crippen molar-refractivity contribution in [2.75, 3.05) is 0 Å². The summed E-state index contributed by atoms with van der Waals surface area (Å²) >= 11 is 0. The van der Waals surface area contributed by atoms with Gasteiger partial charge < -0.3 is 5.32 Å². The molecule has 2 heteroatoms. The van der Waals surface area contributed by atoms with Gasteiger partial charge in [-0.15, -0.1) is 0 Å². The average molecular weight is 109 g/mol. The summed E-state index contributed by atoms with van der Waals surface area (Å²) in [5.41, 5.74) is 5.57. The van der Waals surface area contributed by atoms with Crippen LogP contribution in [0, 0.1) is 0 Å². The van der Waals surface area contributed by atoms with Crippen molar-refractivity contribution in [1.29, 1.82) is 0 Å². The largest absolute Gasteiger partial charge is 0.325 e. The monoisotopic (exact) mass is 109 g/mol. The van der Waals surface area contributed by atoms with E-state index in [-0.39, 0.29) is 0 Å². The summed E-state index contributed by atoms with van der Waals surface area (Å²) in [5, 5.41) is 2.37. The molecule has 0 bridgehead atoms. The third-order valence-corrected chi connectivity index (χ3v) is 0.551. The van der Waals surface area contributed by atoms with Crippen LogP contribution in [0.15, 0.2) is 23.7 Å². The lowest BCUT2D eigenvalue weighted by molar-refractivity contribution is -0.108. The highest BCUT2D eigenvalue weighted by atomic mass is 16.1. The Balaban J connectivity index is 4.00. The second-order valence-corrected chi connectivity index (χ2v) is 1.19. The van der Waals surface area contributed by atoms with Crippen LogP contribution in [-0.2, 0) is 4.79 Å². The third-order valence-electron chi connectivity index (χ3n) is 0.551. The van der Waals surface area contributed by atoms with E-state index in [1.54, 1.807) is 6.92 Å². The molecular weight excluding hydrogens is 102 g/mol. The minimum absolute atomic E-state index is 0.583. The molecular formula is C6H7NO. The zero-order chi connectivity index (χ0) is 6.41. The maximum atomic E-state index is 9.67. The molecule has 0 saturated carbocycles. The van der Waals surface area contributed by atoms with Crippen LogP contribution in [-0.4, -0.2) is 6.41 Å². The second-order valence-electron chi connectivity index (χ2n) is 1.19. The molecule has 8 heavy (non-hydrogen) atoms. The van der Waals surface area contributed by atoms with Crippen molar-refractivity contribution in [3.8, 4) is 0 Å². The third kappa shape index (κ3) is 2.98. The van der Waals surface area contributed by atoms with Crippen molar-refractivity contribution < 1.29 is 4.79 Å². The fraction of sp³-hybridized carbons (Fsp3) is 0.167. The molecule has 0 spiro atoms. The Morgan fingerprint density at radius 1 is 1.88 bits per heavy atom. The molecule has 0 aliphatic heterocycles. The molecule has 0 aliphatic rings. The van der Waals surface area contributed by atoms with E-state index >= 15 is 0 Å². The van der Waals surface area contributed by atoms with Crippen molar-refractivity contribution in [3.63, 3.8) is 0 Å². The number of carbonyl (C=O) groups is 1. The minimum atomic E-state index is 0.583. The first kappa shape index (κ1) is 6.77.